The highest BCUT2D eigenvalue weighted by Gasteiger charge is 2.70. The Hall–Kier alpha value is -5.41. The molecule has 0 saturated heterocycles. The second-order valence-electron chi connectivity index (χ2n) is 15.1. The van der Waals surface area contributed by atoms with Gasteiger partial charge in [0.15, 0.2) is 12.2 Å². The highest BCUT2D eigenvalue weighted by atomic mass is 16.6. The molecule has 0 amide bonds. The van der Waals surface area contributed by atoms with E-state index in [2.05, 4.69) is 11.6 Å². The zero-order chi connectivity index (χ0) is 41.7. The lowest BCUT2D eigenvalue weighted by Gasteiger charge is -2.45. The fourth-order valence-corrected chi connectivity index (χ4v) is 7.70. The molecule has 2 aliphatic carbocycles. The Morgan fingerprint density at radius 2 is 1.29 bits per heavy atom. The van der Waals surface area contributed by atoms with Crippen LogP contribution in [-0.4, -0.2) is 98.8 Å². The normalized spacial score (nSPS) is 31.3. The molecule has 1 aromatic heterocycles. The van der Waals surface area contributed by atoms with E-state index in [9.17, 15) is 39.0 Å². The number of rotatable bonds is 8. The summed E-state index contributed by atoms with van der Waals surface area (Å²) < 4.78 is 35.3. The Balaban J connectivity index is 2.06. The third-order valence-electron chi connectivity index (χ3n) is 9.98. The first-order chi connectivity index (χ1) is 26.1. The second kappa shape index (κ2) is 17.2. The molecule has 2 aliphatic rings. The van der Waals surface area contributed by atoms with E-state index in [0.717, 1.165) is 27.7 Å². The average Bonchev–Trinajstić information content (AvgIpc) is 3.33. The Kier molecular flexibility index (Phi) is 13.3. The van der Waals surface area contributed by atoms with E-state index >= 15 is 0 Å². The number of hydrogen-bond acceptors (Lipinski definition) is 15. The van der Waals surface area contributed by atoms with Crippen LogP contribution in [0.3, 0.4) is 0 Å². The minimum atomic E-state index is -2.38. The van der Waals surface area contributed by atoms with E-state index in [0.29, 0.717) is 0 Å². The Labute approximate surface area is 325 Å². The molecule has 1 aromatic carbocycles. The van der Waals surface area contributed by atoms with Gasteiger partial charge in [-0.25, -0.2) is 9.59 Å². The SMILES string of the molecule is C=C1[C@H](OC(C)=O)C2[C@@H](OC(=O)c3ccccc3)[C@](C)(OC(C)=O)C[C@]2(O)[C@@H](OC(C)=O)[C@@H](C)C=CC(C)(C)[C@H](OC(=O)c2cccnc2)[C@H](O)[C@H]1OC(C)=O. The Morgan fingerprint density at radius 3 is 1.84 bits per heavy atom. The van der Waals surface area contributed by atoms with Crippen molar-refractivity contribution in [3.05, 3.63) is 90.3 Å². The average molecular weight is 780 g/mol. The second-order valence-corrected chi connectivity index (χ2v) is 15.1. The zero-order valence-electron chi connectivity index (χ0n) is 32.6. The molecule has 1 saturated carbocycles. The number of nitrogens with zero attached hydrogens (tertiary/aromatic N) is 1. The zero-order valence-corrected chi connectivity index (χ0v) is 32.6. The van der Waals surface area contributed by atoms with Gasteiger partial charge in [0.25, 0.3) is 0 Å². The van der Waals surface area contributed by atoms with Crippen LogP contribution in [0, 0.1) is 17.3 Å². The molecule has 10 atom stereocenters. The van der Waals surface area contributed by atoms with E-state index in [4.69, 9.17) is 28.4 Å². The number of ether oxygens (including phenoxy) is 6. The van der Waals surface area contributed by atoms with Gasteiger partial charge >= 0.3 is 35.8 Å². The number of esters is 6. The van der Waals surface area contributed by atoms with E-state index < -0.39 is 107 Å². The molecule has 0 aliphatic heterocycles. The van der Waals surface area contributed by atoms with Crippen LogP contribution in [0.4, 0.5) is 0 Å². The van der Waals surface area contributed by atoms with Crippen molar-refractivity contribution in [2.24, 2.45) is 17.3 Å². The monoisotopic (exact) mass is 779 g/mol. The Morgan fingerprint density at radius 1 is 0.732 bits per heavy atom. The van der Waals surface area contributed by atoms with E-state index in [-0.39, 0.29) is 16.7 Å². The van der Waals surface area contributed by atoms with Crippen molar-refractivity contribution in [1.29, 1.82) is 0 Å². The number of aromatic nitrogens is 1. The van der Waals surface area contributed by atoms with Crippen molar-refractivity contribution in [3.63, 3.8) is 0 Å². The van der Waals surface area contributed by atoms with Gasteiger partial charge in [-0.2, -0.15) is 0 Å². The highest BCUT2D eigenvalue weighted by Crippen LogP contribution is 2.54. The minimum Gasteiger partial charge on any atom is -0.459 e. The molecule has 56 heavy (non-hydrogen) atoms. The quantitative estimate of drug-likeness (QED) is 0.221. The summed E-state index contributed by atoms with van der Waals surface area (Å²) in [4.78, 5) is 82.7. The molecule has 1 heterocycles. The molecular formula is C41H49NO14. The van der Waals surface area contributed by atoms with Crippen LogP contribution in [0.25, 0.3) is 0 Å². The van der Waals surface area contributed by atoms with E-state index in [1.165, 1.54) is 43.6 Å². The lowest BCUT2D eigenvalue weighted by Crippen LogP contribution is -2.59. The molecule has 0 radical (unpaired) electrons. The Bertz CT molecular complexity index is 1840. The maximum Gasteiger partial charge on any atom is 0.340 e. The third kappa shape index (κ3) is 9.51. The molecule has 15 nitrogen and oxygen atoms in total. The fourth-order valence-electron chi connectivity index (χ4n) is 7.70. The van der Waals surface area contributed by atoms with Crippen LogP contribution >= 0.6 is 0 Å². The number of aliphatic hydroxyl groups is 2. The first-order valence-electron chi connectivity index (χ1n) is 18.0. The first kappa shape index (κ1) is 43.3. The van der Waals surface area contributed by atoms with Crippen LogP contribution in [0.2, 0.25) is 0 Å². The molecule has 0 bridgehead atoms. The van der Waals surface area contributed by atoms with Crippen LogP contribution < -0.4 is 0 Å². The van der Waals surface area contributed by atoms with Gasteiger partial charge < -0.3 is 38.6 Å². The van der Waals surface area contributed by atoms with Gasteiger partial charge in [-0.05, 0) is 31.2 Å². The summed E-state index contributed by atoms with van der Waals surface area (Å²) in [6.45, 7) is 14.7. The summed E-state index contributed by atoms with van der Waals surface area (Å²) >= 11 is 0. The standard InChI is InChI=1S/C41H49NO14/c1-22-17-18-39(7,8)36(55-38(49)29-16-13-19-42-20-29)31(47)33(52-25(4)44)23(2)32(51-24(3)43)30-35(54-37(48)28-14-11-10-12-15-28)40(9,56-27(6)46)21-41(30,50)34(22)53-26(5)45/h10-20,22,30-36,47,50H,2,21H2,1,3-9H3/t22-,30?,31+,32-,33-,34-,35+,36+,40+,41+/m0/s1. The molecule has 4 rings (SSSR count). The van der Waals surface area contributed by atoms with E-state index in [1.807, 2.05) is 0 Å². The van der Waals surface area contributed by atoms with Crippen molar-refractivity contribution >= 4 is 35.8 Å². The summed E-state index contributed by atoms with van der Waals surface area (Å²) in [5.74, 6) is -7.97. The number of aliphatic hydroxyl groups excluding tert-OH is 1. The molecule has 15 heteroatoms. The maximum absolute atomic E-state index is 13.8. The number of pyridine rings is 1. The van der Waals surface area contributed by atoms with Crippen molar-refractivity contribution in [2.45, 2.75) is 110 Å². The number of carbonyl (C=O) groups is 6. The lowest BCUT2D eigenvalue weighted by molar-refractivity contribution is -0.193. The predicted octanol–water partition coefficient (Wildman–Crippen LogP) is 3.85. The summed E-state index contributed by atoms with van der Waals surface area (Å²) in [5.41, 5.74) is -5.82. The third-order valence-corrected chi connectivity index (χ3v) is 9.98. The van der Waals surface area contributed by atoms with Gasteiger partial charge in [-0.15, -0.1) is 0 Å². The summed E-state index contributed by atoms with van der Waals surface area (Å²) in [5, 5.41) is 25.4. The molecule has 2 N–H and O–H groups in total. The summed E-state index contributed by atoms with van der Waals surface area (Å²) in [7, 11) is 0. The fraction of sp³-hybridized carbons (Fsp3) is 0.488. The predicted molar refractivity (Wildman–Crippen MR) is 196 cm³/mol. The van der Waals surface area contributed by atoms with Crippen molar-refractivity contribution in [3.8, 4) is 0 Å². The highest BCUT2D eigenvalue weighted by molar-refractivity contribution is 5.90. The smallest absolute Gasteiger partial charge is 0.340 e. The number of carbonyl (C=O) groups excluding carboxylic acids is 6. The molecule has 1 unspecified atom stereocenters. The largest absolute Gasteiger partial charge is 0.459 e. The molecule has 1 fully saturated rings. The van der Waals surface area contributed by atoms with Gasteiger partial charge in [0.1, 0.15) is 35.6 Å². The van der Waals surface area contributed by atoms with Crippen molar-refractivity contribution < 1.29 is 67.4 Å². The van der Waals surface area contributed by atoms with Gasteiger partial charge in [0.05, 0.1) is 17.0 Å². The minimum absolute atomic E-state index is 0.0402. The first-order valence-corrected chi connectivity index (χ1v) is 18.0. The lowest BCUT2D eigenvalue weighted by atomic mass is 9.71. The van der Waals surface area contributed by atoms with Gasteiger partial charge in [0.2, 0.25) is 0 Å². The number of benzene rings is 1. The summed E-state index contributed by atoms with van der Waals surface area (Å²) in [6.07, 6.45) is -5.06. The number of hydrogen-bond donors (Lipinski definition) is 2. The van der Waals surface area contributed by atoms with Crippen molar-refractivity contribution in [2.75, 3.05) is 0 Å². The molecule has 0 spiro atoms. The number of fused-ring (bicyclic) bond motifs is 1. The van der Waals surface area contributed by atoms with Crippen LogP contribution in [0.5, 0.6) is 0 Å². The van der Waals surface area contributed by atoms with Crippen LogP contribution in [0.15, 0.2) is 79.2 Å². The summed E-state index contributed by atoms with van der Waals surface area (Å²) in [6, 6.07) is 10.7. The van der Waals surface area contributed by atoms with Gasteiger partial charge in [-0.3, -0.25) is 24.2 Å². The van der Waals surface area contributed by atoms with Crippen molar-refractivity contribution in [1.82, 2.24) is 4.98 Å². The van der Waals surface area contributed by atoms with Gasteiger partial charge in [0, 0.05) is 63.4 Å². The van der Waals surface area contributed by atoms with Crippen LogP contribution in [0.1, 0.15) is 82.5 Å². The molecule has 302 valence electrons. The topological polar surface area (TPSA) is 211 Å². The molecule has 2 aromatic rings. The molecular weight excluding hydrogens is 730 g/mol. The maximum atomic E-state index is 13.8. The van der Waals surface area contributed by atoms with Crippen LogP contribution in [-0.2, 0) is 47.6 Å². The van der Waals surface area contributed by atoms with Gasteiger partial charge in [-0.1, -0.05) is 57.7 Å². The van der Waals surface area contributed by atoms with E-state index in [1.54, 1.807) is 51.1 Å².